The van der Waals surface area contributed by atoms with Crippen molar-refractivity contribution in [1.82, 2.24) is 0 Å². The summed E-state index contributed by atoms with van der Waals surface area (Å²) in [5.41, 5.74) is -2.03. The quantitative estimate of drug-likeness (QED) is 0.796. The third kappa shape index (κ3) is 2.49. The van der Waals surface area contributed by atoms with Crippen molar-refractivity contribution in [2.45, 2.75) is 65.4 Å². The number of hydrogen-bond donors (Lipinski definition) is 2. The Bertz CT molecular complexity index is 277. The Labute approximate surface area is 104 Å². The van der Waals surface area contributed by atoms with E-state index in [4.69, 9.17) is 0 Å². The van der Waals surface area contributed by atoms with Crippen molar-refractivity contribution < 1.29 is 15.0 Å². The lowest BCUT2D eigenvalue weighted by atomic mass is 9.62. The first-order valence-corrected chi connectivity index (χ1v) is 6.72. The Balaban J connectivity index is 2.81. The van der Waals surface area contributed by atoms with Crippen LogP contribution >= 0.6 is 0 Å². The van der Waals surface area contributed by atoms with Crippen molar-refractivity contribution in [3.8, 4) is 0 Å². The number of aliphatic hydroxyl groups is 1. The highest BCUT2D eigenvalue weighted by Gasteiger charge is 2.52. The minimum Gasteiger partial charge on any atom is -0.481 e. The molecule has 0 aliphatic heterocycles. The van der Waals surface area contributed by atoms with E-state index in [0.717, 1.165) is 12.8 Å². The van der Waals surface area contributed by atoms with Crippen molar-refractivity contribution >= 4 is 5.97 Å². The number of carbonyl (C=O) groups is 1. The van der Waals surface area contributed by atoms with Gasteiger partial charge in [0, 0.05) is 0 Å². The van der Waals surface area contributed by atoms with Gasteiger partial charge in [-0.2, -0.15) is 0 Å². The predicted molar refractivity (Wildman–Crippen MR) is 67.8 cm³/mol. The molecule has 3 heteroatoms. The normalized spacial score (nSPS) is 33.4. The molecule has 1 rings (SSSR count). The summed E-state index contributed by atoms with van der Waals surface area (Å²) in [6.45, 7) is 7.93. The van der Waals surface area contributed by atoms with Crippen LogP contribution in [0.2, 0.25) is 0 Å². The van der Waals surface area contributed by atoms with Crippen LogP contribution in [-0.2, 0) is 4.79 Å². The number of carboxylic acid groups (broad SMARTS) is 1. The maximum absolute atomic E-state index is 11.4. The molecule has 0 radical (unpaired) electrons. The summed E-state index contributed by atoms with van der Waals surface area (Å²) in [5, 5.41) is 20.0. The van der Waals surface area contributed by atoms with Crippen LogP contribution in [0.4, 0.5) is 0 Å². The Morgan fingerprint density at radius 3 is 2.18 bits per heavy atom. The third-order valence-electron chi connectivity index (χ3n) is 5.01. The summed E-state index contributed by atoms with van der Waals surface area (Å²) in [4.78, 5) is 11.4. The molecule has 1 aliphatic carbocycles. The fourth-order valence-electron chi connectivity index (χ4n) is 3.02. The highest BCUT2D eigenvalue weighted by Crippen LogP contribution is 2.47. The van der Waals surface area contributed by atoms with E-state index in [1.165, 1.54) is 0 Å². The van der Waals surface area contributed by atoms with Gasteiger partial charge in [-0.15, -0.1) is 0 Å². The van der Waals surface area contributed by atoms with Gasteiger partial charge in [0.25, 0.3) is 0 Å². The van der Waals surface area contributed by atoms with E-state index >= 15 is 0 Å². The Morgan fingerprint density at radius 2 is 1.88 bits per heavy atom. The van der Waals surface area contributed by atoms with Gasteiger partial charge < -0.3 is 10.2 Å². The van der Waals surface area contributed by atoms with Gasteiger partial charge in [0.05, 0.1) is 11.0 Å². The Hall–Kier alpha value is -0.570. The highest BCUT2D eigenvalue weighted by atomic mass is 16.4. The van der Waals surface area contributed by atoms with E-state index in [9.17, 15) is 15.0 Å². The first kappa shape index (κ1) is 14.5. The van der Waals surface area contributed by atoms with Gasteiger partial charge in [-0.1, -0.05) is 20.8 Å². The van der Waals surface area contributed by atoms with E-state index in [0.29, 0.717) is 31.1 Å². The number of rotatable bonds is 4. The van der Waals surface area contributed by atoms with Crippen LogP contribution in [0.5, 0.6) is 0 Å². The lowest BCUT2D eigenvalue weighted by Gasteiger charge is -2.46. The summed E-state index contributed by atoms with van der Waals surface area (Å²) < 4.78 is 0. The molecule has 1 atom stereocenters. The lowest BCUT2D eigenvalue weighted by Crippen LogP contribution is -2.53. The van der Waals surface area contributed by atoms with Gasteiger partial charge in [0.2, 0.25) is 0 Å². The van der Waals surface area contributed by atoms with E-state index in [1.54, 1.807) is 6.92 Å². The molecule has 0 aromatic heterocycles. The molecule has 17 heavy (non-hydrogen) atoms. The monoisotopic (exact) mass is 242 g/mol. The molecule has 1 unspecified atom stereocenters. The number of hydrogen-bond acceptors (Lipinski definition) is 2. The van der Waals surface area contributed by atoms with E-state index in [1.807, 2.05) is 6.92 Å². The molecule has 0 saturated heterocycles. The zero-order chi connectivity index (χ0) is 13.3. The second kappa shape index (κ2) is 4.97. The van der Waals surface area contributed by atoms with Gasteiger partial charge in [-0.3, -0.25) is 4.79 Å². The summed E-state index contributed by atoms with van der Waals surface area (Å²) >= 11 is 0. The standard InChI is InChI=1S/C14H26O3/c1-5-13(4,12(15)16)14(17)8-6-11(7-9-14)10(2)3/h10-11,17H,5-9H2,1-4H3,(H,15,16). The van der Waals surface area contributed by atoms with Crippen molar-refractivity contribution in [3.05, 3.63) is 0 Å². The van der Waals surface area contributed by atoms with Crippen LogP contribution in [0.1, 0.15) is 59.8 Å². The topological polar surface area (TPSA) is 57.5 Å². The van der Waals surface area contributed by atoms with Crippen molar-refractivity contribution in [2.75, 3.05) is 0 Å². The molecule has 0 bridgehead atoms. The van der Waals surface area contributed by atoms with E-state index in [2.05, 4.69) is 13.8 Å². The summed E-state index contributed by atoms with van der Waals surface area (Å²) in [6, 6.07) is 0. The molecule has 100 valence electrons. The largest absolute Gasteiger partial charge is 0.481 e. The Kier molecular flexibility index (Phi) is 4.23. The molecular weight excluding hydrogens is 216 g/mol. The van der Waals surface area contributed by atoms with Crippen LogP contribution in [0.15, 0.2) is 0 Å². The average molecular weight is 242 g/mol. The predicted octanol–water partition coefficient (Wildman–Crippen LogP) is 3.06. The minimum atomic E-state index is -1.03. The zero-order valence-corrected chi connectivity index (χ0v) is 11.5. The maximum Gasteiger partial charge on any atom is 0.312 e. The highest BCUT2D eigenvalue weighted by molar-refractivity contribution is 5.75. The van der Waals surface area contributed by atoms with Crippen LogP contribution in [0.3, 0.4) is 0 Å². The molecule has 1 aliphatic rings. The Morgan fingerprint density at radius 1 is 1.41 bits per heavy atom. The first-order chi connectivity index (χ1) is 7.77. The van der Waals surface area contributed by atoms with Crippen molar-refractivity contribution in [1.29, 1.82) is 0 Å². The third-order valence-corrected chi connectivity index (χ3v) is 5.01. The van der Waals surface area contributed by atoms with Gasteiger partial charge in [0.15, 0.2) is 0 Å². The zero-order valence-electron chi connectivity index (χ0n) is 11.5. The molecule has 0 spiro atoms. The maximum atomic E-state index is 11.4. The van der Waals surface area contributed by atoms with E-state index < -0.39 is 17.0 Å². The molecule has 0 amide bonds. The molecule has 3 nitrogen and oxygen atoms in total. The van der Waals surface area contributed by atoms with Crippen LogP contribution in [-0.4, -0.2) is 21.8 Å². The smallest absolute Gasteiger partial charge is 0.312 e. The summed E-state index contributed by atoms with van der Waals surface area (Å²) in [7, 11) is 0. The van der Waals surface area contributed by atoms with Crippen LogP contribution < -0.4 is 0 Å². The molecule has 0 aromatic carbocycles. The van der Waals surface area contributed by atoms with E-state index in [-0.39, 0.29) is 0 Å². The molecule has 1 saturated carbocycles. The SMILES string of the molecule is CCC(C)(C(=O)O)C1(O)CCC(C(C)C)CC1. The summed E-state index contributed by atoms with van der Waals surface area (Å²) in [6.07, 6.45) is 3.60. The first-order valence-electron chi connectivity index (χ1n) is 6.72. The number of carboxylic acids is 1. The molecule has 0 aromatic rings. The number of aliphatic carboxylic acids is 1. The van der Waals surface area contributed by atoms with Crippen molar-refractivity contribution in [3.63, 3.8) is 0 Å². The molecule has 0 heterocycles. The molecule has 1 fully saturated rings. The van der Waals surface area contributed by atoms with Gasteiger partial charge in [-0.25, -0.2) is 0 Å². The second-order valence-electron chi connectivity index (χ2n) is 6.10. The van der Waals surface area contributed by atoms with Gasteiger partial charge in [-0.05, 0) is 50.9 Å². The van der Waals surface area contributed by atoms with Crippen LogP contribution in [0.25, 0.3) is 0 Å². The fourth-order valence-corrected chi connectivity index (χ4v) is 3.02. The van der Waals surface area contributed by atoms with Gasteiger partial charge >= 0.3 is 5.97 Å². The average Bonchev–Trinajstić information content (AvgIpc) is 2.28. The molecular formula is C14H26O3. The lowest BCUT2D eigenvalue weighted by molar-refractivity contribution is -0.174. The van der Waals surface area contributed by atoms with Crippen LogP contribution in [0, 0.1) is 17.3 Å². The fraction of sp³-hybridized carbons (Fsp3) is 0.929. The summed E-state index contributed by atoms with van der Waals surface area (Å²) in [5.74, 6) is 0.382. The minimum absolute atomic E-state index is 0.477. The van der Waals surface area contributed by atoms with Gasteiger partial charge in [0.1, 0.15) is 0 Å². The molecule has 2 N–H and O–H groups in total. The van der Waals surface area contributed by atoms with Crippen molar-refractivity contribution in [2.24, 2.45) is 17.3 Å². The second-order valence-corrected chi connectivity index (χ2v) is 6.10.